The zero-order valence-electron chi connectivity index (χ0n) is 7.81. The second-order valence-electron chi connectivity index (χ2n) is 3.16. The van der Waals surface area contributed by atoms with Crippen molar-refractivity contribution >= 4 is 37.8 Å². The molecule has 0 saturated carbocycles. The highest BCUT2D eigenvalue weighted by molar-refractivity contribution is 6.92. The summed E-state index contributed by atoms with van der Waals surface area (Å²) < 4.78 is 0. The maximum absolute atomic E-state index is 5.59. The fourth-order valence-corrected chi connectivity index (χ4v) is 1.64. The molecular weight excluding hydrogens is 207 g/mol. The monoisotopic (exact) mass is 215 g/mol. The summed E-state index contributed by atoms with van der Waals surface area (Å²) in [6.45, 7) is 0. The van der Waals surface area contributed by atoms with Gasteiger partial charge in [0.25, 0.3) is 0 Å². The first kappa shape index (κ1) is 9.87. The smallest absolute Gasteiger partial charge is 0.198 e. The molecule has 15 heavy (non-hydrogen) atoms. The van der Waals surface area contributed by atoms with Crippen molar-refractivity contribution in [3.8, 4) is 0 Å². The first-order valence-electron chi connectivity index (χ1n) is 4.33. The number of nitrogen functional groups attached to an aromatic ring is 1. The van der Waals surface area contributed by atoms with Crippen LogP contribution in [0.5, 0.6) is 0 Å². The lowest BCUT2D eigenvalue weighted by atomic mass is 10.2. The van der Waals surface area contributed by atoms with E-state index in [-0.39, 0.29) is 9.90 Å². The maximum atomic E-state index is 5.59. The van der Waals surface area contributed by atoms with Crippen LogP contribution >= 0.6 is 9.90 Å². The van der Waals surface area contributed by atoms with Crippen molar-refractivity contribution in [3.05, 3.63) is 30.5 Å². The van der Waals surface area contributed by atoms with Gasteiger partial charge in [0, 0.05) is 21.5 Å². The van der Waals surface area contributed by atoms with Crippen LogP contribution in [0.1, 0.15) is 0 Å². The molecule has 2 aromatic heterocycles. The molecule has 4 nitrogen and oxygen atoms in total. The van der Waals surface area contributed by atoms with Crippen molar-refractivity contribution in [3.63, 3.8) is 0 Å². The molecule has 0 amide bonds. The summed E-state index contributed by atoms with van der Waals surface area (Å²) in [5, 5.41) is 1.09. The summed E-state index contributed by atoms with van der Waals surface area (Å²) in [5.41, 5.74) is 8.26. The number of hydrogen-bond donors (Lipinski definition) is 2. The average Bonchev–Trinajstić information content (AvgIpc) is 2.59. The standard InChI is InChI=1S/C10H8N4.P/c11-10-13-7-4-3-6-2-1-5-12-8(6)9(7)14-10;/h1-5H,(H3,11,13,14);. The zero-order valence-corrected chi connectivity index (χ0v) is 8.70. The van der Waals surface area contributed by atoms with Gasteiger partial charge in [-0.15, -0.1) is 0 Å². The third-order valence-corrected chi connectivity index (χ3v) is 2.25. The summed E-state index contributed by atoms with van der Waals surface area (Å²) in [6, 6.07) is 7.85. The summed E-state index contributed by atoms with van der Waals surface area (Å²) in [5.74, 6) is 0.429. The quantitative estimate of drug-likeness (QED) is 0.566. The van der Waals surface area contributed by atoms with Gasteiger partial charge in [-0.1, -0.05) is 12.1 Å². The minimum absolute atomic E-state index is 0. The number of benzene rings is 1. The SMILES string of the molecule is Nc1nc2ccc3cccnc3c2[nH]1.[P]. The van der Waals surface area contributed by atoms with Crippen LogP contribution in [0.4, 0.5) is 5.95 Å². The van der Waals surface area contributed by atoms with E-state index in [1.807, 2.05) is 24.3 Å². The molecule has 2 heterocycles. The van der Waals surface area contributed by atoms with Crippen molar-refractivity contribution in [2.45, 2.75) is 0 Å². The van der Waals surface area contributed by atoms with Crippen LogP contribution < -0.4 is 5.73 Å². The van der Waals surface area contributed by atoms with Gasteiger partial charge in [0.2, 0.25) is 0 Å². The Kier molecular flexibility index (Phi) is 2.29. The van der Waals surface area contributed by atoms with Crippen LogP contribution in [-0.2, 0) is 0 Å². The normalized spacial score (nSPS) is 10.4. The summed E-state index contributed by atoms with van der Waals surface area (Å²) in [4.78, 5) is 11.4. The molecule has 3 radical (unpaired) electrons. The van der Waals surface area contributed by atoms with Gasteiger partial charge < -0.3 is 10.7 Å². The number of aromatic nitrogens is 3. The van der Waals surface area contributed by atoms with Gasteiger partial charge in [-0.3, -0.25) is 4.98 Å². The Bertz CT molecular complexity index is 617. The Hall–Kier alpha value is -1.67. The first-order valence-corrected chi connectivity index (χ1v) is 4.33. The van der Waals surface area contributed by atoms with Crippen molar-refractivity contribution < 1.29 is 0 Å². The lowest BCUT2D eigenvalue weighted by Gasteiger charge is -1.95. The van der Waals surface area contributed by atoms with Crippen molar-refractivity contribution in [2.75, 3.05) is 5.73 Å². The topological polar surface area (TPSA) is 67.6 Å². The average molecular weight is 215 g/mol. The molecule has 73 valence electrons. The van der Waals surface area contributed by atoms with E-state index in [2.05, 4.69) is 15.0 Å². The van der Waals surface area contributed by atoms with E-state index in [1.54, 1.807) is 6.20 Å². The molecule has 3 aromatic rings. The van der Waals surface area contributed by atoms with Crippen molar-refractivity contribution in [1.82, 2.24) is 15.0 Å². The van der Waals surface area contributed by atoms with Crippen LogP contribution in [0.2, 0.25) is 0 Å². The van der Waals surface area contributed by atoms with Gasteiger partial charge >= 0.3 is 0 Å². The molecule has 3 rings (SSSR count). The lowest BCUT2D eigenvalue weighted by molar-refractivity contribution is 1.35. The van der Waals surface area contributed by atoms with Crippen LogP contribution in [-0.4, -0.2) is 15.0 Å². The van der Waals surface area contributed by atoms with Crippen LogP contribution in [0.15, 0.2) is 30.5 Å². The summed E-state index contributed by atoms with van der Waals surface area (Å²) >= 11 is 0. The van der Waals surface area contributed by atoms with E-state index >= 15 is 0 Å². The third-order valence-electron chi connectivity index (χ3n) is 2.25. The van der Waals surface area contributed by atoms with Gasteiger partial charge in [0.15, 0.2) is 5.95 Å². The van der Waals surface area contributed by atoms with Gasteiger partial charge in [0.05, 0.1) is 16.6 Å². The Labute approximate surface area is 89.5 Å². The predicted molar refractivity (Wildman–Crippen MR) is 62.7 cm³/mol. The number of hydrogen-bond acceptors (Lipinski definition) is 3. The van der Waals surface area contributed by atoms with E-state index < -0.39 is 0 Å². The number of anilines is 1. The molecule has 0 fully saturated rings. The number of rotatable bonds is 0. The lowest BCUT2D eigenvalue weighted by Crippen LogP contribution is -1.84. The number of nitrogens with two attached hydrogens (primary N) is 1. The fourth-order valence-electron chi connectivity index (χ4n) is 1.64. The molecule has 0 aliphatic carbocycles. The van der Waals surface area contributed by atoms with Gasteiger partial charge in [-0.2, -0.15) is 0 Å². The molecule has 0 spiro atoms. The number of nitrogens with zero attached hydrogens (tertiary/aromatic N) is 2. The highest BCUT2D eigenvalue weighted by Crippen LogP contribution is 2.21. The minimum Gasteiger partial charge on any atom is -0.369 e. The van der Waals surface area contributed by atoms with Crippen molar-refractivity contribution in [2.24, 2.45) is 0 Å². The summed E-state index contributed by atoms with van der Waals surface area (Å²) in [6.07, 6.45) is 1.76. The molecule has 0 unspecified atom stereocenters. The highest BCUT2D eigenvalue weighted by atomic mass is 31.0. The highest BCUT2D eigenvalue weighted by Gasteiger charge is 2.04. The first-order chi connectivity index (χ1) is 6.84. The molecule has 0 atom stereocenters. The van der Waals surface area contributed by atoms with E-state index in [0.717, 1.165) is 21.9 Å². The number of H-pyrrole nitrogens is 1. The van der Waals surface area contributed by atoms with Gasteiger partial charge in [-0.05, 0) is 12.1 Å². The number of pyridine rings is 1. The minimum atomic E-state index is 0. The second kappa shape index (κ2) is 3.48. The molecule has 0 aliphatic rings. The van der Waals surface area contributed by atoms with Crippen LogP contribution in [0.25, 0.3) is 21.9 Å². The Morgan fingerprint density at radius 1 is 1.20 bits per heavy atom. The van der Waals surface area contributed by atoms with Crippen LogP contribution in [0.3, 0.4) is 0 Å². The molecule has 1 aromatic carbocycles. The number of imidazole rings is 1. The number of aromatic amines is 1. The molecule has 5 heteroatoms. The number of nitrogens with one attached hydrogen (secondary N) is 1. The molecular formula is C10H8N4P. The maximum Gasteiger partial charge on any atom is 0.198 e. The largest absolute Gasteiger partial charge is 0.369 e. The zero-order chi connectivity index (χ0) is 9.54. The van der Waals surface area contributed by atoms with E-state index in [4.69, 9.17) is 5.73 Å². The van der Waals surface area contributed by atoms with Gasteiger partial charge in [0.1, 0.15) is 0 Å². The number of fused-ring (bicyclic) bond motifs is 3. The Morgan fingerprint density at radius 2 is 2.07 bits per heavy atom. The molecule has 0 aliphatic heterocycles. The van der Waals surface area contributed by atoms with Crippen molar-refractivity contribution in [1.29, 1.82) is 0 Å². The van der Waals surface area contributed by atoms with Gasteiger partial charge in [-0.25, -0.2) is 4.98 Å². The van der Waals surface area contributed by atoms with E-state index in [9.17, 15) is 0 Å². The summed E-state index contributed by atoms with van der Waals surface area (Å²) in [7, 11) is 0. The predicted octanol–water partition coefficient (Wildman–Crippen LogP) is 2.55. The fraction of sp³-hybridized carbons (Fsp3) is 0. The molecule has 0 bridgehead atoms. The molecule has 3 N–H and O–H groups in total. The second-order valence-corrected chi connectivity index (χ2v) is 3.16. The third kappa shape index (κ3) is 1.43. The Morgan fingerprint density at radius 3 is 2.93 bits per heavy atom. The van der Waals surface area contributed by atoms with E-state index in [0.29, 0.717) is 5.95 Å². The Balaban J connectivity index is 0.000000853. The van der Waals surface area contributed by atoms with E-state index in [1.165, 1.54) is 0 Å². The van der Waals surface area contributed by atoms with Crippen LogP contribution in [0, 0.1) is 0 Å². The molecule has 0 saturated heterocycles.